The zero-order valence-corrected chi connectivity index (χ0v) is 12.3. The van der Waals surface area contributed by atoms with Crippen molar-refractivity contribution in [2.45, 2.75) is 33.1 Å². The lowest BCUT2D eigenvalue weighted by molar-refractivity contribution is 0.685. The fourth-order valence-electron chi connectivity index (χ4n) is 1.46. The summed E-state index contributed by atoms with van der Waals surface area (Å²) in [5.41, 5.74) is 6.74. The molecule has 0 saturated carbocycles. The lowest BCUT2D eigenvalue weighted by atomic mass is 10.2. The summed E-state index contributed by atoms with van der Waals surface area (Å²) in [5, 5.41) is 3.24. The van der Waals surface area contributed by atoms with Gasteiger partial charge in [-0.15, -0.1) is 0 Å². The maximum Gasteiger partial charge on any atom is 0.135 e. The van der Waals surface area contributed by atoms with Gasteiger partial charge in [-0.2, -0.15) is 0 Å². The Morgan fingerprint density at radius 1 is 1.39 bits per heavy atom. The molecule has 5 nitrogen and oxygen atoms in total. The lowest BCUT2D eigenvalue weighted by Gasteiger charge is -2.13. The second-order valence-corrected chi connectivity index (χ2v) is 6.21. The molecular formula is C12H22N4OS. The van der Waals surface area contributed by atoms with Crippen LogP contribution in [0.15, 0.2) is 0 Å². The van der Waals surface area contributed by atoms with E-state index < -0.39 is 10.8 Å². The summed E-state index contributed by atoms with van der Waals surface area (Å²) in [6.45, 7) is 6.72. The highest BCUT2D eigenvalue weighted by Crippen LogP contribution is 2.20. The van der Waals surface area contributed by atoms with Gasteiger partial charge in [-0.05, 0) is 13.3 Å². The van der Waals surface area contributed by atoms with E-state index in [2.05, 4.69) is 15.3 Å². The van der Waals surface area contributed by atoms with Gasteiger partial charge in [-0.25, -0.2) is 9.97 Å². The van der Waals surface area contributed by atoms with E-state index in [4.69, 9.17) is 5.73 Å². The second kappa shape index (κ2) is 6.68. The minimum atomic E-state index is -0.742. The third-order valence-electron chi connectivity index (χ3n) is 2.62. The molecule has 3 N–H and O–H groups in total. The highest BCUT2D eigenvalue weighted by molar-refractivity contribution is 7.84. The first-order valence-corrected chi connectivity index (χ1v) is 7.82. The average molecular weight is 270 g/mol. The minimum absolute atomic E-state index is 0.247. The number of nitrogens with one attached hydrogen (secondary N) is 1. The van der Waals surface area contributed by atoms with Crippen LogP contribution in [0.2, 0.25) is 0 Å². The largest absolute Gasteiger partial charge is 0.383 e. The van der Waals surface area contributed by atoms with E-state index in [0.717, 1.165) is 30.2 Å². The minimum Gasteiger partial charge on any atom is -0.383 e. The summed E-state index contributed by atoms with van der Waals surface area (Å²) in [4.78, 5) is 8.74. The topological polar surface area (TPSA) is 80.9 Å². The Kier molecular flexibility index (Phi) is 5.53. The lowest BCUT2D eigenvalue weighted by Crippen LogP contribution is -2.12. The molecule has 0 spiro atoms. The van der Waals surface area contributed by atoms with E-state index in [0.29, 0.717) is 11.6 Å². The molecule has 0 aliphatic heterocycles. The molecule has 0 radical (unpaired) electrons. The van der Waals surface area contributed by atoms with Gasteiger partial charge in [0.15, 0.2) is 0 Å². The van der Waals surface area contributed by atoms with E-state index in [9.17, 15) is 4.21 Å². The van der Waals surface area contributed by atoms with E-state index in [1.165, 1.54) is 0 Å². The Bertz CT molecular complexity index is 434. The highest BCUT2D eigenvalue weighted by atomic mass is 32.2. The normalized spacial score (nSPS) is 12.7. The van der Waals surface area contributed by atoms with E-state index in [1.807, 2.05) is 20.8 Å². The van der Waals surface area contributed by atoms with Gasteiger partial charge in [0.2, 0.25) is 0 Å². The van der Waals surface area contributed by atoms with Crippen LogP contribution in [0.5, 0.6) is 0 Å². The van der Waals surface area contributed by atoms with Crippen LogP contribution in [0.1, 0.15) is 37.6 Å². The van der Waals surface area contributed by atoms with E-state index in [-0.39, 0.29) is 5.92 Å². The monoisotopic (exact) mass is 270 g/mol. The molecule has 0 fully saturated rings. The number of nitrogens with two attached hydrogens (primary N) is 1. The van der Waals surface area contributed by atoms with Gasteiger partial charge in [0.1, 0.15) is 17.5 Å². The van der Waals surface area contributed by atoms with Gasteiger partial charge in [-0.3, -0.25) is 4.21 Å². The molecule has 0 bridgehead atoms. The van der Waals surface area contributed by atoms with Crippen LogP contribution >= 0.6 is 0 Å². The average Bonchev–Trinajstić information content (AvgIpc) is 2.28. The highest BCUT2D eigenvalue weighted by Gasteiger charge is 2.10. The van der Waals surface area contributed by atoms with E-state index in [1.54, 1.807) is 6.26 Å². The number of hydrogen-bond donors (Lipinski definition) is 2. The Labute approximate surface area is 111 Å². The summed E-state index contributed by atoms with van der Waals surface area (Å²) < 4.78 is 11.0. The zero-order valence-electron chi connectivity index (χ0n) is 11.5. The summed E-state index contributed by atoms with van der Waals surface area (Å²) in [7, 11) is -0.742. The number of rotatable bonds is 6. The SMILES string of the molecule is Cc1c(N)nc(C(C)C)nc1NCCCS(C)=O. The Morgan fingerprint density at radius 2 is 2.06 bits per heavy atom. The zero-order chi connectivity index (χ0) is 13.7. The Balaban J connectivity index is 2.72. The Hall–Kier alpha value is -1.17. The van der Waals surface area contributed by atoms with Crippen LogP contribution in [0.4, 0.5) is 11.6 Å². The molecule has 1 heterocycles. The molecular weight excluding hydrogens is 248 g/mol. The van der Waals surface area contributed by atoms with Crippen molar-refractivity contribution in [2.24, 2.45) is 0 Å². The van der Waals surface area contributed by atoms with Gasteiger partial charge in [0.05, 0.1) is 0 Å². The molecule has 1 aromatic heterocycles. The first-order chi connectivity index (χ1) is 8.41. The number of nitrogen functional groups attached to an aromatic ring is 1. The summed E-state index contributed by atoms with van der Waals surface area (Å²) >= 11 is 0. The Morgan fingerprint density at radius 3 is 2.61 bits per heavy atom. The maximum absolute atomic E-state index is 11.0. The van der Waals surface area contributed by atoms with Crippen molar-refractivity contribution in [1.82, 2.24) is 9.97 Å². The molecule has 0 saturated heterocycles. The van der Waals surface area contributed by atoms with Crippen molar-refractivity contribution in [3.8, 4) is 0 Å². The van der Waals surface area contributed by atoms with Crippen LogP contribution in [-0.2, 0) is 10.8 Å². The van der Waals surface area contributed by atoms with Crippen LogP contribution in [-0.4, -0.2) is 32.7 Å². The fourth-order valence-corrected chi connectivity index (χ4v) is 2.02. The van der Waals surface area contributed by atoms with Gasteiger partial charge in [0, 0.05) is 40.8 Å². The molecule has 0 amide bonds. The second-order valence-electron chi connectivity index (χ2n) is 4.65. The van der Waals surface area contributed by atoms with Crippen molar-refractivity contribution in [3.63, 3.8) is 0 Å². The van der Waals surface area contributed by atoms with Gasteiger partial charge < -0.3 is 11.1 Å². The molecule has 0 aromatic carbocycles. The number of anilines is 2. The van der Waals surface area contributed by atoms with Crippen LogP contribution < -0.4 is 11.1 Å². The maximum atomic E-state index is 11.0. The molecule has 1 aromatic rings. The predicted molar refractivity (Wildman–Crippen MR) is 77.3 cm³/mol. The summed E-state index contributed by atoms with van der Waals surface area (Å²) in [6.07, 6.45) is 2.56. The van der Waals surface area contributed by atoms with Crippen molar-refractivity contribution in [1.29, 1.82) is 0 Å². The van der Waals surface area contributed by atoms with Gasteiger partial charge in [-0.1, -0.05) is 13.8 Å². The quantitative estimate of drug-likeness (QED) is 0.769. The molecule has 0 aliphatic carbocycles. The molecule has 1 rings (SSSR count). The molecule has 1 unspecified atom stereocenters. The van der Waals surface area contributed by atoms with Crippen molar-refractivity contribution in [2.75, 3.05) is 29.6 Å². The molecule has 0 aliphatic rings. The van der Waals surface area contributed by atoms with E-state index >= 15 is 0 Å². The molecule has 18 heavy (non-hydrogen) atoms. The first-order valence-electron chi connectivity index (χ1n) is 6.09. The summed E-state index contributed by atoms with van der Waals surface area (Å²) in [5.74, 6) is 3.00. The fraction of sp³-hybridized carbons (Fsp3) is 0.667. The third-order valence-corrected chi connectivity index (χ3v) is 3.48. The van der Waals surface area contributed by atoms with Gasteiger partial charge >= 0.3 is 0 Å². The standard InChI is InChI=1S/C12H22N4OS/c1-8(2)11-15-10(13)9(3)12(16-11)14-6-5-7-18(4)17/h8H,5-7H2,1-4H3,(H3,13,14,15,16). The van der Waals surface area contributed by atoms with Crippen molar-refractivity contribution < 1.29 is 4.21 Å². The predicted octanol–water partition coefficient (Wildman–Crippen LogP) is 1.67. The van der Waals surface area contributed by atoms with Crippen molar-refractivity contribution in [3.05, 3.63) is 11.4 Å². The van der Waals surface area contributed by atoms with Crippen molar-refractivity contribution >= 4 is 22.4 Å². The first kappa shape index (κ1) is 14.9. The summed E-state index contributed by atoms with van der Waals surface area (Å²) in [6, 6.07) is 0. The molecule has 102 valence electrons. The third kappa shape index (κ3) is 4.25. The number of hydrogen-bond acceptors (Lipinski definition) is 5. The number of nitrogens with zero attached hydrogens (tertiary/aromatic N) is 2. The van der Waals surface area contributed by atoms with Crippen LogP contribution in [0.25, 0.3) is 0 Å². The molecule has 1 atom stereocenters. The molecule has 6 heteroatoms. The van der Waals surface area contributed by atoms with Crippen LogP contribution in [0.3, 0.4) is 0 Å². The van der Waals surface area contributed by atoms with Gasteiger partial charge in [0.25, 0.3) is 0 Å². The number of aromatic nitrogens is 2. The van der Waals surface area contributed by atoms with Crippen LogP contribution in [0, 0.1) is 6.92 Å². The smallest absolute Gasteiger partial charge is 0.135 e.